The SMILES string of the molecule is [O]=[V](=[O])([OH])([c]1ccccc1)([c]1ccccc1)[c]1ccccc1. The maximum absolute atomic E-state index is 14.0. The second kappa shape index (κ2) is 4.40. The van der Waals surface area contributed by atoms with Gasteiger partial charge in [0, 0.05) is 0 Å². The molecule has 0 aromatic heterocycles. The van der Waals surface area contributed by atoms with Gasteiger partial charge >= 0.3 is 127 Å². The van der Waals surface area contributed by atoms with E-state index < -0.39 is 12.0 Å². The second-order valence-electron chi connectivity index (χ2n) is 5.43. The van der Waals surface area contributed by atoms with E-state index in [4.69, 9.17) is 0 Å². The first-order valence-electron chi connectivity index (χ1n) is 6.97. The Hall–Kier alpha value is -2.20. The number of hydrogen-bond donors (Lipinski definition) is 1. The van der Waals surface area contributed by atoms with Gasteiger partial charge in [-0.05, 0) is 0 Å². The summed E-state index contributed by atoms with van der Waals surface area (Å²) >= 11 is -7.20. The molecule has 0 saturated heterocycles. The summed E-state index contributed by atoms with van der Waals surface area (Å²) in [4.78, 5) is 0. The zero-order chi connectivity index (χ0) is 15.7. The minimum absolute atomic E-state index is 0.0938. The molecule has 1 N–H and O–H groups in total. The standard InChI is InChI=1S/3C6H5.H2O.2O.V/c3*1-2-4-6-5-3-1;;;;/h3*1-5H;1H2;;;/q;;;;;;+1/p-1. The van der Waals surface area contributed by atoms with Gasteiger partial charge in [-0.15, -0.1) is 0 Å². The van der Waals surface area contributed by atoms with Crippen molar-refractivity contribution in [3.8, 4) is 0 Å². The molecule has 0 saturated carbocycles. The molecule has 0 bridgehead atoms. The topological polar surface area (TPSA) is 54.4 Å². The molecule has 0 fully saturated rings. The molecule has 3 aromatic carbocycles. The van der Waals surface area contributed by atoms with Gasteiger partial charge < -0.3 is 0 Å². The van der Waals surface area contributed by atoms with Crippen LogP contribution in [0.2, 0.25) is 0 Å². The van der Waals surface area contributed by atoms with Crippen LogP contribution in [0.5, 0.6) is 0 Å². The van der Waals surface area contributed by atoms with Gasteiger partial charge in [-0.3, -0.25) is 0 Å². The molecule has 0 aliphatic heterocycles. The molecule has 3 rings (SSSR count). The fourth-order valence-corrected chi connectivity index (χ4v) is 8.11. The van der Waals surface area contributed by atoms with Crippen LogP contribution in [0, 0.1) is 0 Å². The van der Waals surface area contributed by atoms with Crippen LogP contribution in [0.1, 0.15) is 0 Å². The number of hydrogen-bond acceptors (Lipinski definition) is 2. The van der Waals surface area contributed by atoms with Crippen molar-refractivity contribution in [2.24, 2.45) is 0 Å². The predicted octanol–water partition coefficient (Wildman–Crippen LogP) is 1.79. The van der Waals surface area contributed by atoms with Crippen molar-refractivity contribution in [2.75, 3.05) is 0 Å². The van der Waals surface area contributed by atoms with Crippen molar-refractivity contribution in [1.82, 2.24) is 0 Å². The van der Waals surface area contributed by atoms with E-state index >= 15 is 0 Å². The Labute approximate surface area is 127 Å². The van der Waals surface area contributed by atoms with Crippen molar-refractivity contribution in [3.05, 3.63) is 91.0 Å². The van der Waals surface area contributed by atoms with Gasteiger partial charge in [-0.2, -0.15) is 0 Å². The summed E-state index contributed by atoms with van der Waals surface area (Å²) in [5.74, 6) is 0. The third kappa shape index (κ3) is 1.87. The van der Waals surface area contributed by atoms with Gasteiger partial charge in [-0.25, -0.2) is 0 Å². The third-order valence-electron chi connectivity index (χ3n) is 4.02. The molecule has 4 heteroatoms. The first kappa shape index (κ1) is 14.7. The Morgan fingerprint density at radius 3 is 0.955 bits per heavy atom. The van der Waals surface area contributed by atoms with Gasteiger partial charge in [0.2, 0.25) is 0 Å². The Kier molecular flexibility index (Phi) is 2.95. The van der Waals surface area contributed by atoms with Crippen LogP contribution in [-0.4, -0.2) is 4.03 Å². The van der Waals surface area contributed by atoms with Crippen LogP contribution in [0.3, 0.4) is 0 Å². The first-order valence-corrected chi connectivity index (χ1v) is 10.8. The molecule has 0 unspecified atom stereocenters. The summed E-state index contributed by atoms with van der Waals surface area (Å²) in [6, 6.07) is 23.4. The number of rotatable bonds is 3. The average molecular weight is 331 g/mol. The van der Waals surface area contributed by atoms with Crippen molar-refractivity contribution in [1.29, 1.82) is 0 Å². The predicted molar refractivity (Wildman–Crippen MR) is 81.8 cm³/mol. The van der Waals surface area contributed by atoms with Gasteiger partial charge in [0.25, 0.3) is 0 Å². The summed E-state index contributed by atoms with van der Waals surface area (Å²) in [6.45, 7) is 0. The van der Waals surface area contributed by atoms with Crippen molar-refractivity contribution in [2.45, 2.75) is 0 Å². The molecule has 0 atom stereocenters. The van der Waals surface area contributed by atoms with E-state index in [1.807, 2.05) is 0 Å². The van der Waals surface area contributed by atoms with Gasteiger partial charge in [0.15, 0.2) is 0 Å². The van der Waals surface area contributed by atoms with Crippen molar-refractivity contribution >= 4 is 12.8 Å². The fraction of sp³-hybridized carbons (Fsp3) is 0. The molecule has 0 amide bonds. The monoisotopic (exact) mass is 331 g/mol. The Morgan fingerprint density at radius 1 is 0.500 bits per heavy atom. The first-order chi connectivity index (χ1) is 10.4. The van der Waals surface area contributed by atoms with Crippen LogP contribution >= 0.6 is 0 Å². The van der Waals surface area contributed by atoms with E-state index in [-0.39, 0.29) is 12.8 Å². The summed E-state index contributed by atoms with van der Waals surface area (Å²) in [5, 5.41) is 0. The van der Waals surface area contributed by atoms with Crippen molar-refractivity contribution in [3.63, 3.8) is 0 Å². The van der Waals surface area contributed by atoms with Crippen molar-refractivity contribution < 1.29 is 23.4 Å². The molecule has 0 radical (unpaired) electrons. The van der Waals surface area contributed by atoms with E-state index in [1.165, 1.54) is 36.4 Å². The molecule has 0 aliphatic rings. The molecule has 0 heterocycles. The van der Waals surface area contributed by atoms with Crippen LogP contribution in [0.15, 0.2) is 91.0 Å². The Bertz CT molecular complexity index is 851. The zero-order valence-corrected chi connectivity index (χ0v) is 13.3. The number of benzene rings is 3. The molecule has 111 valence electrons. The maximum atomic E-state index is 14.0. The van der Waals surface area contributed by atoms with Crippen LogP contribution in [0.4, 0.5) is 0 Å². The summed E-state index contributed by atoms with van der Waals surface area (Å²) in [7, 11) is 0. The molecule has 3 aromatic rings. The average Bonchev–Trinajstić information content (AvgIpc) is 2.58. The van der Waals surface area contributed by atoms with Crippen LogP contribution in [-0.2, 0) is 19.4 Å². The summed E-state index contributed by atoms with van der Waals surface area (Å²) in [6.07, 6.45) is 0. The molecular formula is C18H16O3V. The van der Waals surface area contributed by atoms with Crippen LogP contribution in [0.25, 0.3) is 0 Å². The molecule has 0 aliphatic carbocycles. The third-order valence-corrected chi connectivity index (χ3v) is 10.9. The van der Waals surface area contributed by atoms with Gasteiger partial charge in [0.05, 0.1) is 0 Å². The van der Waals surface area contributed by atoms with Gasteiger partial charge in [-0.1, -0.05) is 0 Å². The molecule has 3 nitrogen and oxygen atoms in total. The Balaban J connectivity index is 2.56. The molecule has 22 heavy (non-hydrogen) atoms. The quantitative estimate of drug-likeness (QED) is 0.796. The van der Waals surface area contributed by atoms with E-state index in [1.54, 1.807) is 54.6 Å². The van der Waals surface area contributed by atoms with E-state index in [0.29, 0.717) is 0 Å². The Morgan fingerprint density at radius 2 is 0.727 bits per heavy atom. The van der Waals surface area contributed by atoms with Gasteiger partial charge in [0.1, 0.15) is 0 Å². The fourth-order valence-electron chi connectivity index (χ4n) is 2.74. The van der Waals surface area contributed by atoms with E-state index in [0.717, 1.165) is 0 Å². The van der Waals surface area contributed by atoms with E-state index in [9.17, 15) is 11.4 Å². The zero-order valence-electron chi connectivity index (χ0n) is 11.9. The minimum atomic E-state index is -7.20. The summed E-state index contributed by atoms with van der Waals surface area (Å²) < 4.78 is 39.2. The second-order valence-corrected chi connectivity index (χ2v) is 12.3. The summed E-state index contributed by atoms with van der Waals surface area (Å²) in [5.41, 5.74) is 0. The molecular weight excluding hydrogens is 315 g/mol. The molecule has 0 spiro atoms. The van der Waals surface area contributed by atoms with Crippen LogP contribution < -0.4 is 12.8 Å². The van der Waals surface area contributed by atoms with E-state index in [2.05, 4.69) is 0 Å². The normalized spacial score (nSPS) is 14.8.